The number of nitrogens with zero attached hydrogens (tertiary/aromatic N) is 1. The summed E-state index contributed by atoms with van der Waals surface area (Å²) in [7, 11) is 4.11. The van der Waals surface area contributed by atoms with Crippen molar-refractivity contribution in [3.05, 3.63) is 102 Å². The van der Waals surface area contributed by atoms with E-state index in [0.29, 0.717) is 6.42 Å². The molecule has 0 aromatic heterocycles. The highest BCUT2D eigenvalue weighted by atomic mass is 16.2. The minimum atomic E-state index is -0.790. The summed E-state index contributed by atoms with van der Waals surface area (Å²) in [6.07, 6.45) is 0.673. The Morgan fingerprint density at radius 3 is 1.68 bits per heavy atom. The molecule has 1 N–H and O–H groups in total. The quantitative estimate of drug-likeness (QED) is 0.636. The van der Waals surface area contributed by atoms with Gasteiger partial charge in [0.25, 0.3) is 0 Å². The second kappa shape index (κ2) is 8.85. The fraction of sp³-hybridized carbons (Fsp3) is 0.240. The lowest BCUT2D eigenvalue weighted by Gasteiger charge is -2.37. The fourth-order valence-corrected chi connectivity index (χ4v) is 3.59. The molecule has 0 aliphatic carbocycles. The van der Waals surface area contributed by atoms with Gasteiger partial charge in [0, 0.05) is 11.7 Å². The van der Waals surface area contributed by atoms with Crippen molar-refractivity contribution in [3.63, 3.8) is 0 Å². The summed E-state index contributed by atoms with van der Waals surface area (Å²) in [5.74, 6) is -0.00944. The molecule has 3 aromatic rings. The first-order valence-electron chi connectivity index (χ1n) is 9.68. The second-order valence-corrected chi connectivity index (χ2v) is 7.47. The van der Waals surface area contributed by atoms with Crippen LogP contribution in [0.4, 0.5) is 5.69 Å². The third-order valence-electron chi connectivity index (χ3n) is 5.44. The molecule has 0 saturated carbocycles. The lowest BCUT2D eigenvalue weighted by molar-refractivity contribution is -0.120. The van der Waals surface area contributed by atoms with Gasteiger partial charge in [-0.25, -0.2) is 0 Å². The van der Waals surface area contributed by atoms with Crippen LogP contribution in [0, 0.1) is 0 Å². The Morgan fingerprint density at radius 2 is 1.25 bits per heavy atom. The molecule has 3 heteroatoms. The van der Waals surface area contributed by atoms with Crippen molar-refractivity contribution in [1.82, 2.24) is 4.90 Å². The number of benzene rings is 3. The molecule has 0 spiro atoms. The topological polar surface area (TPSA) is 32.3 Å². The smallest absolute Gasteiger partial charge is 0.239 e. The Kier molecular flexibility index (Phi) is 6.27. The van der Waals surface area contributed by atoms with Crippen LogP contribution < -0.4 is 5.32 Å². The first kappa shape index (κ1) is 19.8. The third kappa shape index (κ3) is 4.15. The first-order chi connectivity index (χ1) is 13.5. The molecule has 0 aliphatic heterocycles. The summed E-state index contributed by atoms with van der Waals surface area (Å²) in [5.41, 5.74) is 2.02. The zero-order chi connectivity index (χ0) is 20.0. The van der Waals surface area contributed by atoms with Gasteiger partial charge in [0.1, 0.15) is 5.41 Å². The number of hydrogen-bond donors (Lipinski definition) is 1. The van der Waals surface area contributed by atoms with E-state index >= 15 is 0 Å². The third-order valence-corrected chi connectivity index (χ3v) is 5.44. The van der Waals surface area contributed by atoms with Crippen LogP contribution in [-0.4, -0.2) is 30.9 Å². The zero-order valence-corrected chi connectivity index (χ0v) is 16.8. The summed E-state index contributed by atoms with van der Waals surface area (Å²) in [4.78, 5) is 16.0. The lowest BCUT2D eigenvalue weighted by atomic mass is 9.69. The average Bonchev–Trinajstić information content (AvgIpc) is 2.73. The number of amides is 1. The van der Waals surface area contributed by atoms with Crippen LogP contribution in [-0.2, 0) is 10.2 Å². The standard InChI is InChI=1S/C25H28N2O/c1-20(27(2)3)19-25(21-13-7-4-8-14-21,22-15-9-5-10-16-22)24(28)26-23-17-11-6-12-18-23/h4-18,20H,19H2,1-3H3,(H,26,28)/t20-/m0/s1. The van der Waals surface area contributed by atoms with E-state index in [1.165, 1.54) is 0 Å². The molecule has 1 amide bonds. The maximum absolute atomic E-state index is 13.9. The Hall–Kier alpha value is -2.91. The highest BCUT2D eigenvalue weighted by Crippen LogP contribution is 2.39. The maximum atomic E-state index is 13.9. The molecule has 0 bridgehead atoms. The van der Waals surface area contributed by atoms with Crippen molar-refractivity contribution in [1.29, 1.82) is 0 Å². The van der Waals surface area contributed by atoms with Crippen molar-refractivity contribution < 1.29 is 4.79 Å². The Balaban J connectivity index is 2.16. The summed E-state index contributed by atoms with van der Waals surface area (Å²) < 4.78 is 0. The molecule has 3 rings (SSSR count). The predicted octanol–water partition coefficient (Wildman–Crippen LogP) is 4.95. The minimum Gasteiger partial charge on any atom is -0.325 e. The van der Waals surface area contributed by atoms with Crippen molar-refractivity contribution >= 4 is 11.6 Å². The van der Waals surface area contributed by atoms with Gasteiger partial charge in [-0.2, -0.15) is 0 Å². The van der Waals surface area contributed by atoms with E-state index in [0.717, 1.165) is 16.8 Å². The van der Waals surface area contributed by atoms with Crippen LogP contribution in [0.25, 0.3) is 0 Å². The Morgan fingerprint density at radius 1 is 0.821 bits per heavy atom. The van der Waals surface area contributed by atoms with Gasteiger partial charge in [0.2, 0.25) is 5.91 Å². The van der Waals surface area contributed by atoms with Crippen LogP contribution in [0.15, 0.2) is 91.0 Å². The van der Waals surface area contributed by atoms with E-state index in [1.807, 2.05) is 66.7 Å². The first-order valence-corrected chi connectivity index (χ1v) is 9.68. The van der Waals surface area contributed by atoms with Crippen molar-refractivity contribution in [2.24, 2.45) is 0 Å². The van der Waals surface area contributed by atoms with E-state index in [2.05, 4.69) is 55.5 Å². The largest absolute Gasteiger partial charge is 0.325 e. The van der Waals surface area contributed by atoms with Gasteiger partial charge in [-0.15, -0.1) is 0 Å². The van der Waals surface area contributed by atoms with E-state index in [-0.39, 0.29) is 11.9 Å². The van der Waals surface area contributed by atoms with Crippen LogP contribution >= 0.6 is 0 Å². The average molecular weight is 373 g/mol. The molecule has 0 heterocycles. The van der Waals surface area contributed by atoms with Crippen LogP contribution in [0.3, 0.4) is 0 Å². The molecule has 1 atom stereocenters. The van der Waals surface area contributed by atoms with E-state index in [4.69, 9.17) is 0 Å². The minimum absolute atomic E-state index is 0.00944. The predicted molar refractivity (Wildman–Crippen MR) is 117 cm³/mol. The molecule has 3 nitrogen and oxygen atoms in total. The molecule has 144 valence electrons. The summed E-state index contributed by atoms with van der Waals surface area (Å²) in [6, 6.07) is 30.1. The molecular weight excluding hydrogens is 344 g/mol. The SMILES string of the molecule is C[C@@H](CC(C(=O)Nc1ccccc1)(c1ccccc1)c1ccccc1)N(C)C. The number of hydrogen-bond acceptors (Lipinski definition) is 2. The number of rotatable bonds is 7. The summed E-state index contributed by atoms with van der Waals surface area (Å²) >= 11 is 0. The molecule has 28 heavy (non-hydrogen) atoms. The van der Waals surface area contributed by atoms with E-state index in [9.17, 15) is 4.79 Å². The van der Waals surface area contributed by atoms with Gasteiger partial charge in [-0.1, -0.05) is 78.9 Å². The van der Waals surface area contributed by atoms with E-state index in [1.54, 1.807) is 0 Å². The molecular formula is C25H28N2O. The lowest BCUT2D eigenvalue weighted by Crippen LogP contribution is -2.46. The van der Waals surface area contributed by atoms with Crippen LogP contribution in [0.2, 0.25) is 0 Å². The van der Waals surface area contributed by atoms with Gasteiger partial charge in [0.15, 0.2) is 0 Å². The Bertz CT molecular complexity index is 837. The summed E-state index contributed by atoms with van der Waals surface area (Å²) in [6.45, 7) is 2.16. The monoisotopic (exact) mass is 372 g/mol. The molecule has 0 aliphatic rings. The molecule has 0 unspecified atom stereocenters. The van der Waals surface area contributed by atoms with Gasteiger partial charge < -0.3 is 10.2 Å². The molecule has 0 saturated heterocycles. The van der Waals surface area contributed by atoms with Crippen LogP contribution in [0.1, 0.15) is 24.5 Å². The highest BCUT2D eigenvalue weighted by molar-refractivity contribution is 6.02. The molecule has 3 aromatic carbocycles. The Labute approximate surface area is 168 Å². The van der Waals surface area contributed by atoms with Crippen molar-refractivity contribution in [3.8, 4) is 0 Å². The highest BCUT2D eigenvalue weighted by Gasteiger charge is 2.43. The number of carbonyl (C=O) groups is 1. The van der Waals surface area contributed by atoms with Gasteiger partial charge in [-0.3, -0.25) is 4.79 Å². The normalized spacial score (nSPS) is 12.6. The number of para-hydroxylation sites is 1. The molecule has 0 radical (unpaired) electrons. The number of nitrogens with one attached hydrogen (secondary N) is 1. The van der Waals surface area contributed by atoms with Gasteiger partial charge in [0.05, 0.1) is 0 Å². The maximum Gasteiger partial charge on any atom is 0.239 e. The summed E-state index contributed by atoms with van der Waals surface area (Å²) in [5, 5.41) is 3.17. The van der Waals surface area contributed by atoms with Gasteiger partial charge in [-0.05, 0) is 50.7 Å². The zero-order valence-electron chi connectivity index (χ0n) is 16.8. The number of anilines is 1. The molecule has 0 fully saturated rings. The van der Waals surface area contributed by atoms with Crippen molar-refractivity contribution in [2.45, 2.75) is 24.8 Å². The van der Waals surface area contributed by atoms with Crippen molar-refractivity contribution in [2.75, 3.05) is 19.4 Å². The van der Waals surface area contributed by atoms with Crippen LogP contribution in [0.5, 0.6) is 0 Å². The van der Waals surface area contributed by atoms with Gasteiger partial charge >= 0.3 is 0 Å². The number of carbonyl (C=O) groups excluding carboxylic acids is 1. The van der Waals surface area contributed by atoms with E-state index < -0.39 is 5.41 Å². The fourth-order valence-electron chi connectivity index (χ4n) is 3.59. The second-order valence-electron chi connectivity index (χ2n) is 7.47.